The van der Waals surface area contributed by atoms with Crippen LogP contribution in [0.5, 0.6) is 0 Å². The van der Waals surface area contributed by atoms with Crippen molar-refractivity contribution in [2.75, 3.05) is 17.2 Å². The van der Waals surface area contributed by atoms with Gasteiger partial charge in [-0.1, -0.05) is 29.2 Å². The van der Waals surface area contributed by atoms with E-state index < -0.39 is 17.3 Å². The van der Waals surface area contributed by atoms with E-state index in [9.17, 15) is 14.4 Å². The van der Waals surface area contributed by atoms with Crippen LogP contribution in [-0.2, 0) is 14.3 Å². The molecule has 0 fully saturated rings. The van der Waals surface area contributed by atoms with Crippen LogP contribution < -0.4 is 10.6 Å². The SMILES string of the molecule is CCOC(=O)[C@@H](Sc1nnc(NC(=O)Nc2ccc(C)c(C)c2)s1)C(C)=O. The van der Waals surface area contributed by atoms with Gasteiger partial charge >= 0.3 is 12.0 Å². The van der Waals surface area contributed by atoms with Crippen LogP contribution in [0.25, 0.3) is 0 Å². The number of ketones is 1. The first-order valence-corrected chi connectivity index (χ1v) is 9.82. The van der Waals surface area contributed by atoms with E-state index in [2.05, 4.69) is 20.8 Å². The summed E-state index contributed by atoms with van der Waals surface area (Å²) in [4.78, 5) is 35.6. The molecule has 2 amide bonds. The van der Waals surface area contributed by atoms with Crippen LogP contribution in [0.15, 0.2) is 22.5 Å². The van der Waals surface area contributed by atoms with Crippen molar-refractivity contribution in [3.05, 3.63) is 29.3 Å². The van der Waals surface area contributed by atoms with Crippen molar-refractivity contribution < 1.29 is 19.1 Å². The lowest BCUT2D eigenvalue weighted by Gasteiger charge is -2.09. The van der Waals surface area contributed by atoms with Crippen molar-refractivity contribution in [1.29, 1.82) is 0 Å². The molecule has 2 N–H and O–H groups in total. The Morgan fingerprint density at radius 3 is 2.56 bits per heavy atom. The molecule has 1 heterocycles. The Bertz CT molecular complexity index is 853. The van der Waals surface area contributed by atoms with E-state index in [4.69, 9.17) is 4.74 Å². The van der Waals surface area contributed by atoms with E-state index in [1.807, 2.05) is 26.0 Å². The van der Waals surface area contributed by atoms with E-state index >= 15 is 0 Å². The van der Waals surface area contributed by atoms with E-state index in [1.165, 1.54) is 6.92 Å². The second kappa shape index (κ2) is 9.47. The lowest BCUT2D eigenvalue weighted by atomic mass is 10.1. The van der Waals surface area contributed by atoms with Crippen LogP contribution in [0, 0.1) is 13.8 Å². The summed E-state index contributed by atoms with van der Waals surface area (Å²) in [5, 5.41) is 12.3. The number of amides is 2. The quantitative estimate of drug-likeness (QED) is 0.313. The minimum absolute atomic E-state index is 0.185. The number of nitrogens with one attached hydrogen (secondary N) is 2. The molecule has 0 aliphatic rings. The fourth-order valence-corrected chi connectivity index (χ4v) is 3.81. The molecule has 0 spiro atoms. The summed E-state index contributed by atoms with van der Waals surface area (Å²) in [5.41, 5.74) is 2.86. The van der Waals surface area contributed by atoms with Crippen LogP contribution in [0.4, 0.5) is 15.6 Å². The van der Waals surface area contributed by atoms with Crippen molar-refractivity contribution in [3.63, 3.8) is 0 Å². The number of benzene rings is 1. The van der Waals surface area contributed by atoms with Crippen LogP contribution >= 0.6 is 23.1 Å². The Hall–Kier alpha value is -2.46. The summed E-state index contributed by atoms with van der Waals surface area (Å²) in [7, 11) is 0. The van der Waals surface area contributed by atoms with Crippen molar-refractivity contribution in [2.45, 2.75) is 37.3 Å². The molecule has 1 aromatic carbocycles. The number of hydrogen-bond acceptors (Lipinski definition) is 8. The van der Waals surface area contributed by atoms with E-state index in [-0.39, 0.29) is 17.5 Å². The van der Waals surface area contributed by atoms with Gasteiger partial charge in [0.05, 0.1) is 6.61 Å². The summed E-state index contributed by atoms with van der Waals surface area (Å²) in [6.07, 6.45) is 0. The molecule has 1 aromatic heterocycles. The van der Waals surface area contributed by atoms with E-state index in [1.54, 1.807) is 13.0 Å². The molecule has 27 heavy (non-hydrogen) atoms. The first-order valence-electron chi connectivity index (χ1n) is 8.12. The number of aryl methyl sites for hydroxylation is 2. The standard InChI is InChI=1S/C17H20N4O4S2/c1-5-25-14(23)13(11(4)22)26-17-21-20-16(27-17)19-15(24)18-12-7-6-9(2)10(3)8-12/h6-8,13H,5H2,1-4H3,(H2,18,19,20,24)/t13-/m0/s1. The molecule has 0 unspecified atom stereocenters. The zero-order valence-corrected chi connectivity index (χ0v) is 17.0. The molecule has 0 radical (unpaired) electrons. The second-order valence-electron chi connectivity index (χ2n) is 5.61. The summed E-state index contributed by atoms with van der Waals surface area (Å²) in [6, 6.07) is 5.13. The molecule has 0 saturated carbocycles. The highest BCUT2D eigenvalue weighted by Crippen LogP contribution is 2.30. The number of nitrogens with zero attached hydrogens (tertiary/aromatic N) is 2. The third-order valence-electron chi connectivity index (χ3n) is 3.48. The van der Waals surface area contributed by atoms with Crippen LogP contribution in [-0.4, -0.2) is 39.8 Å². The van der Waals surface area contributed by atoms with Gasteiger partial charge in [-0.3, -0.25) is 14.9 Å². The molecule has 144 valence electrons. The maximum absolute atomic E-state index is 12.1. The number of thioether (sulfide) groups is 1. The molecule has 10 heteroatoms. The second-order valence-corrected chi connectivity index (χ2v) is 7.94. The molecule has 2 rings (SSSR count). The predicted octanol–water partition coefficient (Wildman–Crippen LogP) is 3.41. The first-order chi connectivity index (χ1) is 12.8. The average molecular weight is 409 g/mol. The van der Waals surface area contributed by atoms with Gasteiger partial charge in [-0.15, -0.1) is 10.2 Å². The van der Waals surface area contributed by atoms with Crippen LogP contribution in [0.3, 0.4) is 0 Å². The maximum Gasteiger partial charge on any atom is 0.327 e. The highest BCUT2D eigenvalue weighted by molar-refractivity contribution is 8.03. The largest absolute Gasteiger partial charge is 0.465 e. The normalized spacial score (nSPS) is 11.6. The van der Waals surface area contributed by atoms with Crippen LogP contribution in [0.1, 0.15) is 25.0 Å². The van der Waals surface area contributed by atoms with Gasteiger partial charge in [0.2, 0.25) is 5.13 Å². The number of anilines is 2. The number of hydrogen-bond donors (Lipinski definition) is 2. The number of aromatic nitrogens is 2. The van der Waals surface area contributed by atoms with Gasteiger partial charge in [-0.25, -0.2) is 4.79 Å². The zero-order chi connectivity index (χ0) is 20.0. The van der Waals surface area contributed by atoms with Gasteiger partial charge in [0.1, 0.15) is 0 Å². The molecular formula is C17H20N4O4S2. The highest BCUT2D eigenvalue weighted by Gasteiger charge is 2.27. The Balaban J connectivity index is 1.98. The number of rotatable bonds is 7. The van der Waals surface area contributed by atoms with Crippen molar-refractivity contribution in [3.8, 4) is 0 Å². The molecule has 8 nitrogen and oxygen atoms in total. The fraction of sp³-hybridized carbons (Fsp3) is 0.353. The average Bonchev–Trinajstić information content (AvgIpc) is 3.03. The lowest BCUT2D eigenvalue weighted by Crippen LogP contribution is -2.27. The van der Waals surface area contributed by atoms with E-state index in [0.717, 1.165) is 34.2 Å². The Kier molecular flexibility index (Phi) is 7.31. The fourth-order valence-electron chi connectivity index (χ4n) is 2.00. The molecule has 0 saturated heterocycles. The van der Waals surface area contributed by atoms with Gasteiger partial charge < -0.3 is 10.1 Å². The lowest BCUT2D eigenvalue weighted by molar-refractivity contribution is -0.144. The van der Waals surface area contributed by atoms with Gasteiger partial charge in [0.25, 0.3) is 0 Å². The first kappa shape index (κ1) is 20.8. The number of esters is 1. The zero-order valence-electron chi connectivity index (χ0n) is 15.4. The molecule has 0 aliphatic heterocycles. The maximum atomic E-state index is 12.1. The van der Waals surface area contributed by atoms with Gasteiger partial charge in [0.15, 0.2) is 15.4 Å². The minimum Gasteiger partial charge on any atom is -0.465 e. The number of Topliss-reactive ketones (excluding diaryl/α,β-unsaturated/α-hetero) is 1. The molecular weight excluding hydrogens is 388 g/mol. The highest BCUT2D eigenvalue weighted by atomic mass is 32.2. The monoisotopic (exact) mass is 408 g/mol. The Labute approximate surface area is 165 Å². The third-order valence-corrected chi connectivity index (χ3v) is 5.70. The van der Waals surface area contributed by atoms with Crippen molar-refractivity contribution in [2.24, 2.45) is 0 Å². The summed E-state index contributed by atoms with van der Waals surface area (Å²) in [5.74, 6) is -0.956. The predicted molar refractivity (Wildman–Crippen MR) is 105 cm³/mol. The molecule has 1 atom stereocenters. The summed E-state index contributed by atoms with van der Waals surface area (Å²) >= 11 is 2.02. The van der Waals surface area contributed by atoms with Crippen LogP contribution in [0.2, 0.25) is 0 Å². The Morgan fingerprint density at radius 1 is 1.19 bits per heavy atom. The summed E-state index contributed by atoms with van der Waals surface area (Å²) in [6.45, 7) is 7.11. The summed E-state index contributed by atoms with van der Waals surface area (Å²) < 4.78 is 5.27. The van der Waals surface area contributed by atoms with Gasteiger partial charge in [0, 0.05) is 5.69 Å². The van der Waals surface area contributed by atoms with Gasteiger partial charge in [-0.05, 0) is 51.0 Å². The Morgan fingerprint density at radius 2 is 1.93 bits per heavy atom. The molecule has 0 bridgehead atoms. The number of ether oxygens (including phenoxy) is 1. The van der Waals surface area contributed by atoms with E-state index in [0.29, 0.717) is 10.0 Å². The number of carbonyl (C=O) groups excluding carboxylic acids is 3. The van der Waals surface area contributed by atoms with Crippen molar-refractivity contribution >= 4 is 51.7 Å². The number of carbonyl (C=O) groups is 3. The minimum atomic E-state index is -1.00. The third kappa shape index (κ3) is 6.04. The smallest absolute Gasteiger partial charge is 0.327 e. The number of urea groups is 1. The van der Waals surface area contributed by atoms with Crippen molar-refractivity contribution in [1.82, 2.24) is 10.2 Å². The van der Waals surface area contributed by atoms with Gasteiger partial charge in [-0.2, -0.15) is 0 Å². The molecule has 2 aromatic rings. The molecule has 0 aliphatic carbocycles. The topological polar surface area (TPSA) is 110 Å².